The van der Waals surface area contributed by atoms with Crippen LogP contribution in [0, 0.1) is 0 Å². The molecule has 0 aliphatic heterocycles. The number of rotatable bonds is 4. The van der Waals surface area contributed by atoms with Crippen LogP contribution < -0.4 is 0 Å². The zero-order valence-electron chi connectivity index (χ0n) is 10.3. The van der Waals surface area contributed by atoms with Gasteiger partial charge in [-0.3, -0.25) is 0 Å². The van der Waals surface area contributed by atoms with E-state index in [2.05, 4.69) is 11.9 Å². The molecule has 0 fully saturated rings. The van der Waals surface area contributed by atoms with Crippen molar-refractivity contribution in [2.75, 3.05) is 0 Å². The number of furan rings is 1. The second-order valence-corrected chi connectivity index (χ2v) is 4.37. The summed E-state index contributed by atoms with van der Waals surface area (Å²) in [5.41, 5.74) is 2.77. The van der Waals surface area contributed by atoms with E-state index >= 15 is 0 Å². The molecule has 0 bridgehead atoms. The van der Waals surface area contributed by atoms with Gasteiger partial charge in [0.1, 0.15) is 11.3 Å². The molecule has 2 heterocycles. The Balaban J connectivity index is 1.96. The van der Waals surface area contributed by atoms with Crippen LogP contribution in [0.4, 0.5) is 0 Å². The van der Waals surface area contributed by atoms with E-state index < -0.39 is 0 Å². The summed E-state index contributed by atoms with van der Waals surface area (Å²) in [6, 6.07) is 9.78. The number of unbranched alkanes of at least 4 members (excludes halogenated alkanes) is 1. The van der Waals surface area contributed by atoms with Crippen LogP contribution >= 0.6 is 0 Å². The third-order valence-corrected chi connectivity index (χ3v) is 2.98. The first kappa shape index (κ1) is 11.1. The average Bonchev–Trinajstić information content (AvgIpc) is 3.03. The second kappa shape index (κ2) is 4.69. The minimum absolute atomic E-state index is 0.823. The van der Waals surface area contributed by atoms with Gasteiger partial charge in [0.2, 0.25) is 0 Å². The Labute approximate surface area is 105 Å². The van der Waals surface area contributed by atoms with E-state index in [1.165, 1.54) is 0 Å². The molecule has 0 radical (unpaired) electrons. The quantitative estimate of drug-likeness (QED) is 0.678. The first-order chi connectivity index (χ1) is 8.86. The largest absolute Gasteiger partial charge is 0.464 e. The second-order valence-electron chi connectivity index (χ2n) is 4.37. The fraction of sp³-hybridized carbons (Fsp3) is 0.267. The zero-order chi connectivity index (χ0) is 12.4. The summed E-state index contributed by atoms with van der Waals surface area (Å²) < 4.78 is 11.1. The lowest BCUT2D eigenvalue weighted by Gasteiger charge is -1.94. The molecular weight excluding hydrogens is 226 g/mol. The lowest BCUT2D eigenvalue weighted by molar-refractivity contribution is 0.517. The van der Waals surface area contributed by atoms with Gasteiger partial charge in [0.05, 0.1) is 6.26 Å². The van der Waals surface area contributed by atoms with Gasteiger partial charge in [0, 0.05) is 12.0 Å². The predicted molar refractivity (Wildman–Crippen MR) is 70.3 cm³/mol. The van der Waals surface area contributed by atoms with E-state index in [-0.39, 0.29) is 0 Å². The van der Waals surface area contributed by atoms with Crippen molar-refractivity contribution < 1.29 is 8.83 Å². The smallest absolute Gasteiger partial charge is 0.195 e. The lowest BCUT2D eigenvalue weighted by atomic mass is 10.1. The molecule has 0 atom stereocenters. The van der Waals surface area contributed by atoms with Gasteiger partial charge in [-0.2, -0.15) is 0 Å². The van der Waals surface area contributed by atoms with Crippen LogP contribution in [0.5, 0.6) is 0 Å². The molecule has 18 heavy (non-hydrogen) atoms. The van der Waals surface area contributed by atoms with E-state index in [4.69, 9.17) is 8.83 Å². The zero-order valence-corrected chi connectivity index (χ0v) is 10.3. The molecule has 0 spiro atoms. The summed E-state index contributed by atoms with van der Waals surface area (Å²) in [5.74, 6) is 1.68. The van der Waals surface area contributed by atoms with Crippen LogP contribution in [0.3, 0.4) is 0 Å². The van der Waals surface area contributed by atoms with Gasteiger partial charge >= 0.3 is 0 Å². The maximum Gasteiger partial charge on any atom is 0.195 e. The van der Waals surface area contributed by atoms with E-state index in [9.17, 15) is 0 Å². The van der Waals surface area contributed by atoms with Crippen molar-refractivity contribution in [3.63, 3.8) is 0 Å². The normalized spacial score (nSPS) is 11.2. The molecule has 0 saturated carbocycles. The Bertz CT molecular complexity index is 638. The molecule has 0 N–H and O–H groups in total. The highest BCUT2D eigenvalue weighted by Crippen LogP contribution is 2.25. The number of benzene rings is 1. The minimum Gasteiger partial charge on any atom is -0.464 e. The highest BCUT2D eigenvalue weighted by molar-refractivity contribution is 5.79. The molecule has 0 aliphatic carbocycles. The third kappa shape index (κ3) is 2.04. The van der Waals surface area contributed by atoms with E-state index in [0.717, 1.165) is 47.6 Å². The van der Waals surface area contributed by atoms with Crippen molar-refractivity contribution in [1.82, 2.24) is 4.98 Å². The molecule has 3 aromatic rings. The predicted octanol–water partition coefficient (Wildman–Crippen LogP) is 4.43. The van der Waals surface area contributed by atoms with Crippen LogP contribution in [0.15, 0.2) is 45.4 Å². The number of nitrogens with zero attached hydrogens (tertiary/aromatic N) is 1. The van der Waals surface area contributed by atoms with Crippen molar-refractivity contribution in [1.29, 1.82) is 0 Å². The summed E-state index contributed by atoms with van der Waals surface area (Å²) in [6.45, 7) is 2.16. The SMILES string of the molecule is CCCCc1nc2cc(-c3ccco3)ccc2o1. The van der Waals surface area contributed by atoms with Crippen LogP contribution in [0.1, 0.15) is 25.7 Å². The Morgan fingerprint density at radius 2 is 2.17 bits per heavy atom. The van der Waals surface area contributed by atoms with Gasteiger partial charge in [0.25, 0.3) is 0 Å². The van der Waals surface area contributed by atoms with Crippen LogP contribution in [-0.2, 0) is 6.42 Å². The number of aromatic nitrogens is 1. The first-order valence-corrected chi connectivity index (χ1v) is 6.30. The minimum atomic E-state index is 0.823. The molecule has 0 unspecified atom stereocenters. The Morgan fingerprint density at radius 1 is 1.22 bits per heavy atom. The number of fused-ring (bicyclic) bond motifs is 1. The molecule has 2 aromatic heterocycles. The molecule has 92 valence electrons. The van der Waals surface area contributed by atoms with Crippen molar-refractivity contribution in [2.24, 2.45) is 0 Å². The van der Waals surface area contributed by atoms with E-state index in [0.29, 0.717) is 0 Å². The molecule has 3 nitrogen and oxygen atoms in total. The van der Waals surface area contributed by atoms with Gasteiger partial charge in [-0.15, -0.1) is 0 Å². The van der Waals surface area contributed by atoms with Crippen LogP contribution in [0.2, 0.25) is 0 Å². The first-order valence-electron chi connectivity index (χ1n) is 6.30. The molecular formula is C15H15NO2. The third-order valence-electron chi connectivity index (χ3n) is 2.98. The standard InChI is InChI=1S/C15H15NO2/c1-2-3-6-15-16-12-10-11(7-8-14(12)18-15)13-5-4-9-17-13/h4-5,7-10H,2-3,6H2,1H3. The summed E-state index contributed by atoms with van der Waals surface area (Å²) in [5, 5.41) is 0. The van der Waals surface area contributed by atoms with Gasteiger partial charge in [-0.25, -0.2) is 4.98 Å². The summed E-state index contributed by atoms with van der Waals surface area (Å²) >= 11 is 0. The molecule has 3 rings (SSSR count). The topological polar surface area (TPSA) is 39.2 Å². The number of hydrogen-bond donors (Lipinski definition) is 0. The fourth-order valence-electron chi connectivity index (χ4n) is 2.01. The summed E-state index contributed by atoms with van der Waals surface area (Å²) in [6.07, 6.45) is 4.84. The van der Waals surface area contributed by atoms with Crippen molar-refractivity contribution in [3.05, 3.63) is 42.5 Å². The van der Waals surface area contributed by atoms with Gasteiger partial charge in [0.15, 0.2) is 11.5 Å². The van der Waals surface area contributed by atoms with Crippen LogP contribution in [-0.4, -0.2) is 4.98 Å². The number of aryl methyl sites for hydroxylation is 1. The maximum absolute atomic E-state index is 5.70. The average molecular weight is 241 g/mol. The van der Waals surface area contributed by atoms with E-state index in [1.54, 1.807) is 6.26 Å². The molecule has 0 amide bonds. The lowest BCUT2D eigenvalue weighted by Crippen LogP contribution is -1.82. The van der Waals surface area contributed by atoms with Gasteiger partial charge in [-0.1, -0.05) is 13.3 Å². The Morgan fingerprint density at radius 3 is 2.94 bits per heavy atom. The molecule has 0 saturated heterocycles. The fourth-order valence-corrected chi connectivity index (χ4v) is 2.01. The van der Waals surface area contributed by atoms with Crippen molar-refractivity contribution >= 4 is 11.1 Å². The van der Waals surface area contributed by atoms with E-state index in [1.807, 2.05) is 30.3 Å². The Hall–Kier alpha value is -2.03. The highest BCUT2D eigenvalue weighted by Gasteiger charge is 2.08. The van der Waals surface area contributed by atoms with Crippen LogP contribution in [0.25, 0.3) is 22.4 Å². The summed E-state index contributed by atoms with van der Waals surface area (Å²) in [7, 11) is 0. The van der Waals surface area contributed by atoms with Gasteiger partial charge in [-0.05, 0) is 36.8 Å². The number of hydrogen-bond acceptors (Lipinski definition) is 3. The monoisotopic (exact) mass is 241 g/mol. The summed E-state index contributed by atoms with van der Waals surface area (Å²) in [4.78, 5) is 4.51. The molecule has 1 aromatic carbocycles. The van der Waals surface area contributed by atoms with Crippen molar-refractivity contribution in [3.8, 4) is 11.3 Å². The van der Waals surface area contributed by atoms with Gasteiger partial charge < -0.3 is 8.83 Å². The highest BCUT2D eigenvalue weighted by atomic mass is 16.3. The number of oxazole rings is 1. The van der Waals surface area contributed by atoms with Crippen molar-refractivity contribution in [2.45, 2.75) is 26.2 Å². The Kier molecular flexibility index (Phi) is 2.89. The maximum atomic E-state index is 5.70. The molecule has 3 heteroatoms. The molecule has 0 aliphatic rings.